The number of methoxy groups -OCH3 is 1. The van der Waals surface area contributed by atoms with E-state index >= 15 is 0 Å². The molecule has 1 heterocycles. The average Bonchev–Trinajstić information content (AvgIpc) is 2.93. The third-order valence-electron chi connectivity index (χ3n) is 4.03. The number of nitrogens with one attached hydrogen (secondary N) is 1. The molecule has 0 saturated heterocycles. The molecule has 1 aromatic rings. The molecule has 19 heavy (non-hydrogen) atoms. The molecule has 1 fully saturated rings. The van der Waals surface area contributed by atoms with Crippen molar-refractivity contribution >= 4 is 5.91 Å². The van der Waals surface area contributed by atoms with Crippen LogP contribution >= 0.6 is 0 Å². The van der Waals surface area contributed by atoms with Crippen LogP contribution in [0.5, 0.6) is 0 Å². The van der Waals surface area contributed by atoms with E-state index in [0.29, 0.717) is 12.5 Å². The molecule has 0 aliphatic heterocycles. The van der Waals surface area contributed by atoms with Crippen LogP contribution in [-0.4, -0.2) is 36.1 Å². The zero-order chi connectivity index (χ0) is 13.7. The molecule has 1 atom stereocenters. The lowest BCUT2D eigenvalue weighted by Crippen LogP contribution is -2.42. The van der Waals surface area contributed by atoms with Crippen molar-refractivity contribution in [3.05, 3.63) is 24.0 Å². The number of likely N-dealkylation sites (N-methyl/N-ethyl adjacent to an activating group) is 1. The molecular formula is C15H24N2O2. The van der Waals surface area contributed by atoms with Gasteiger partial charge < -0.3 is 14.6 Å². The van der Waals surface area contributed by atoms with Gasteiger partial charge in [-0.05, 0) is 30.4 Å². The maximum Gasteiger partial charge on any atom is 0.252 e. The normalized spacial score (nSPS) is 18.2. The summed E-state index contributed by atoms with van der Waals surface area (Å²) in [5.74, 6) is 0.496. The number of ether oxygens (including phenoxy) is 1. The maximum atomic E-state index is 12.5. The SMILES string of the molecule is CO[C@H](C(=O)N(C)Cc1cc[nH]c1)C1CCCCC1. The molecule has 0 bridgehead atoms. The number of hydrogen-bond acceptors (Lipinski definition) is 2. The second-order valence-electron chi connectivity index (χ2n) is 5.47. The lowest BCUT2D eigenvalue weighted by Gasteiger charge is -2.31. The standard InChI is InChI=1S/C15H24N2O2/c1-17(11-12-8-9-16-10-12)15(18)14(19-2)13-6-4-3-5-7-13/h8-10,13-14,16H,3-7,11H2,1-2H3/t14-/m0/s1. The molecule has 0 spiro atoms. The van der Waals surface area contributed by atoms with E-state index in [0.717, 1.165) is 18.4 Å². The first-order chi connectivity index (χ1) is 9.22. The van der Waals surface area contributed by atoms with Gasteiger partial charge in [0.15, 0.2) is 0 Å². The van der Waals surface area contributed by atoms with Gasteiger partial charge in [0, 0.05) is 33.1 Å². The Morgan fingerprint density at radius 2 is 2.21 bits per heavy atom. The first kappa shape index (κ1) is 14.1. The maximum absolute atomic E-state index is 12.5. The van der Waals surface area contributed by atoms with Crippen molar-refractivity contribution in [1.29, 1.82) is 0 Å². The van der Waals surface area contributed by atoms with Gasteiger partial charge in [0.05, 0.1) is 0 Å². The van der Waals surface area contributed by atoms with Crippen molar-refractivity contribution in [1.82, 2.24) is 9.88 Å². The van der Waals surface area contributed by atoms with Crippen LogP contribution in [0.2, 0.25) is 0 Å². The van der Waals surface area contributed by atoms with Gasteiger partial charge in [0.25, 0.3) is 5.91 Å². The van der Waals surface area contributed by atoms with E-state index in [-0.39, 0.29) is 12.0 Å². The summed E-state index contributed by atoms with van der Waals surface area (Å²) >= 11 is 0. The predicted octanol–water partition coefficient (Wildman–Crippen LogP) is 2.57. The fourth-order valence-corrected chi connectivity index (χ4v) is 2.96. The zero-order valence-corrected chi connectivity index (χ0v) is 11.9. The second kappa shape index (κ2) is 6.75. The lowest BCUT2D eigenvalue weighted by atomic mass is 9.84. The number of aromatic amines is 1. The highest BCUT2D eigenvalue weighted by Gasteiger charge is 2.31. The van der Waals surface area contributed by atoms with E-state index in [1.54, 1.807) is 12.0 Å². The molecule has 0 aromatic carbocycles. The first-order valence-corrected chi connectivity index (χ1v) is 7.12. The minimum atomic E-state index is -0.274. The van der Waals surface area contributed by atoms with Crippen molar-refractivity contribution < 1.29 is 9.53 Å². The Kier molecular flexibility index (Phi) is 5.02. The monoisotopic (exact) mass is 264 g/mol. The van der Waals surface area contributed by atoms with Crippen LogP contribution in [0.4, 0.5) is 0 Å². The lowest BCUT2D eigenvalue weighted by molar-refractivity contribution is -0.145. The van der Waals surface area contributed by atoms with Gasteiger partial charge in [-0.15, -0.1) is 0 Å². The molecule has 1 saturated carbocycles. The Hall–Kier alpha value is -1.29. The fraction of sp³-hybridized carbons (Fsp3) is 0.667. The Balaban J connectivity index is 1.94. The molecule has 106 valence electrons. The van der Waals surface area contributed by atoms with Crippen LogP contribution in [-0.2, 0) is 16.1 Å². The number of carbonyl (C=O) groups excluding carboxylic acids is 1. The fourth-order valence-electron chi connectivity index (χ4n) is 2.96. The van der Waals surface area contributed by atoms with Gasteiger partial charge in [-0.2, -0.15) is 0 Å². The highest BCUT2D eigenvalue weighted by atomic mass is 16.5. The van der Waals surface area contributed by atoms with Crippen LogP contribution in [0.3, 0.4) is 0 Å². The number of rotatable bonds is 5. The molecule has 0 unspecified atom stereocenters. The molecule has 1 aliphatic rings. The van der Waals surface area contributed by atoms with Crippen LogP contribution < -0.4 is 0 Å². The molecule has 4 nitrogen and oxygen atoms in total. The summed E-state index contributed by atoms with van der Waals surface area (Å²) in [5, 5.41) is 0. The van der Waals surface area contributed by atoms with E-state index in [2.05, 4.69) is 4.98 Å². The second-order valence-corrected chi connectivity index (χ2v) is 5.47. The number of carbonyl (C=O) groups is 1. The first-order valence-electron chi connectivity index (χ1n) is 7.12. The Labute approximate surface area is 115 Å². The molecule has 0 radical (unpaired) electrons. The van der Waals surface area contributed by atoms with Gasteiger partial charge in [-0.3, -0.25) is 4.79 Å². The van der Waals surface area contributed by atoms with E-state index in [1.807, 2.05) is 25.5 Å². The average molecular weight is 264 g/mol. The van der Waals surface area contributed by atoms with Gasteiger partial charge in [-0.25, -0.2) is 0 Å². The molecule has 4 heteroatoms. The van der Waals surface area contributed by atoms with Crippen LogP contribution in [0.25, 0.3) is 0 Å². The molecule has 1 aromatic heterocycles. The number of hydrogen-bond donors (Lipinski definition) is 1. The van der Waals surface area contributed by atoms with E-state index in [1.165, 1.54) is 19.3 Å². The highest BCUT2D eigenvalue weighted by Crippen LogP contribution is 2.28. The summed E-state index contributed by atoms with van der Waals surface area (Å²) in [7, 11) is 3.51. The van der Waals surface area contributed by atoms with E-state index in [9.17, 15) is 4.79 Å². The van der Waals surface area contributed by atoms with Crippen molar-refractivity contribution in [3.8, 4) is 0 Å². The highest BCUT2D eigenvalue weighted by molar-refractivity contribution is 5.81. The number of amides is 1. The molecule has 1 aliphatic carbocycles. The van der Waals surface area contributed by atoms with Gasteiger partial charge in [0.1, 0.15) is 6.10 Å². The summed E-state index contributed by atoms with van der Waals surface area (Å²) < 4.78 is 5.49. The van der Waals surface area contributed by atoms with Gasteiger partial charge >= 0.3 is 0 Å². The molecular weight excluding hydrogens is 240 g/mol. The van der Waals surface area contributed by atoms with Crippen LogP contribution in [0.15, 0.2) is 18.5 Å². The molecule has 1 N–H and O–H groups in total. The summed E-state index contributed by atoms with van der Waals surface area (Å²) in [4.78, 5) is 17.3. The number of nitrogens with zero attached hydrogens (tertiary/aromatic N) is 1. The van der Waals surface area contributed by atoms with Gasteiger partial charge in [-0.1, -0.05) is 19.3 Å². The van der Waals surface area contributed by atoms with Crippen LogP contribution in [0, 0.1) is 5.92 Å². The Bertz CT molecular complexity index is 383. The molecule has 1 amide bonds. The summed E-state index contributed by atoms with van der Waals surface area (Å²) in [6, 6.07) is 1.99. The predicted molar refractivity (Wildman–Crippen MR) is 74.6 cm³/mol. The topological polar surface area (TPSA) is 45.3 Å². The number of aromatic nitrogens is 1. The quantitative estimate of drug-likeness (QED) is 0.888. The minimum Gasteiger partial charge on any atom is -0.371 e. The van der Waals surface area contributed by atoms with E-state index in [4.69, 9.17) is 4.74 Å². The Morgan fingerprint density at radius 3 is 2.79 bits per heavy atom. The van der Waals surface area contributed by atoms with Crippen molar-refractivity contribution in [2.24, 2.45) is 5.92 Å². The number of H-pyrrole nitrogens is 1. The van der Waals surface area contributed by atoms with Crippen LogP contribution in [0.1, 0.15) is 37.7 Å². The summed E-state index contributed by atoms with van der Waals surface area (Å²) in [6.07, 6.45) is 9.49. The summed E-state index contributed by atoms with van der Waals surface area (Å²) in [6.45, 7) is 0.634. The third-order valence-corrected chi connectivity index (χ3v) is 4.03. The third kappa shape index (κ3) is 3.60. The molecule has 2 rings (SSSR count). The van der Waals surface area contributed by atoms with Crippen molar-refractivity contribution in [2.45, 2.75) is 44.8 Å². The zero-order valence-electron chi connectivity index (χ0n) is 11.9. The van der Waals surface area contributed by atoms with Crippen molar-refractivity contribution in [3.63, 3.8) is 0 Å². The Morgan fingerprint density at radius 1 is 1.47 bits per heavy atom. The minimum absolute atomic E-state index is 0.107. The van der Waals surface area contributed by atoms with Gasteiger partial charge in [0.2, 0.25) is 0 Å². The van der Waals surface area contributed by atoms with E-state index < -0.39 is 0 Å². The van der Waals surface area contributed by atoms with Crippen molar-refractivity contribution in [2.75, 3.05) is 14.2 Å². The summed E-state index contributed by atoms with van der Waals surface area (Å²) in [5.41, 5.74) is 1.12. The largest absolute Gasteiger partial charge is 0.371 e. The smallest absolute Gasteiger partial charge is 0.252 e.